The molecule has 0 saturated carbocycles. The average molecular weight is 305 g/mol. The van der Waals surface area contributed by atoms with Crippen molar-refractivity contribution in [3.05, 3.63) is 27.5 Å². The summed E-state index contributed by atoms with van der Waals surface area (Å²) < 4.78 is 13.7. The third-order valence-electron chi connectivity index (χ3n) is 2.77. The van der Waals surface area contributed by atoms with Crippen molar-refractivity contribution < 1.29 is 19.4 Å². The normalized spacial score (nSPS) is 11.6. The van der Waals surface area contributed by atoms with Gasteiger partial charge in [-0.15, -0.1) is 0 Å². The second kappa shape index (κ2) is 4.64. The molecule has 5 heteroatoms. The lowest BCUT2D eigenvalue weighted by molar-refractivity contribution is -0.146. The number of carboxylic acid groups (broad SMARTS) is 1. The van der Waals surface area contributed by atoms with Crippen LogP contribution in [0.5, 0.6) is 5.75 Å². The van der Waals surface area contributed by atoms with Gasteiger partial charge in [-0.1, -0.05) is 0 Å². The fraction of sp³-hybridized carbons (Fsp3) is 0.417. The molecule has 0 aliphatic rings. The molecule has 1 aromatic carbocycles. The molecule has 2 N–H and O–H groups in total. The van der Waals surface area contributed by atoms with E-state index in [-0.39, 0.29) is 22.2 Å². The number of phenolic OH excluding ortho intramolecular Hbond substituents is 1. The molecule has 94 valence electrons. The molecule has 0 fully saturated rings. The van der Waals surface area contributed by atoms with Crippen LogP contribution >= 0.6 is 15.9 Å². The van der Waals surface area contributed by atoms with Crippen LogP contribution in [0.4, 0.5) is 4.39 Å². The molecule has 0 aliphatic heterocycles. The van der Waals surface area contributed by atoms with E-state index in [9.17, 15) is 14.3 Å². The van der Waals surface area contributed by atoms with Crippen LogP contribution in [0.3, 0.4) is 0 Å². The van der Waals surface area contributed by atoms with Crippen LogP contribution in [0.2, 0.25) is 0 Å². The molecule has 0 atom stereocenters. The fourth-order valence-electron chi connectivity index (χ4n) is 1.49. The minimum Gasteiger partial charge on any atom is -0.506 e. The Bertz CT molecular complexity index is 443. The first-order chi connectivity index (χ1) is 7.66. The first kappa shape index (κ1) is 14.0. The zero-order valence-corrected chi connectivity index (χ0v) is 11.4. The monoisotopic (exact) mass is 304 g/mol. The highest BCUT2D eigenvalue weighted by molar-refractivity contribution is 9.10. The molecule has 0 saturated heterocycles. The SMILES string of the molecule is Cc1c(F)cc(Br)c(O)c1CC(C)(C)C(=O)O. The molecule has 1 rings (SSSR count). The van der Waals surface area contributed by atoms with Crippen LogP contribution in [0.15, 0.2) is 10.5 Å². The van der Waals surface area contributed by atoms with Crippen molar-refractivity contribution in [1.82, 2.24) is 0 Å². The van der Waals surface area contributed by atoms with Crippen LogP contribution in [0.1, 0.15) is 25.0 Å². The van der Waals surface area contributed by atoms with Gasteiger partial charge in [0.2, 0.25) is 0 Å². The summed E-state index contributed by atoms with van der Waals surface area (Å²) in [5, 5.41) is 18.9. The quantitative estimate of drug-likeness (QED) is 0.901. The van der Waals surface area contributed by atoms with Gasteiger partial charge in [-0.2, -0.15) is 0 Å². The summed E-state index contributed by atoms with van der Waals surface area (Å²) in [6.45, 7) is 4.59. The number of hydrogen-bond acceptors (Lipinski definition) is 2. The van der Waals surface area contributed by atoms with E-state index < -0.39 is 17.2 Å². The zero-order chi connectivity index (χ0) is 13.4. The summed E-state index contributed by atoms with van der Waals surface area (Å²) in [7, 11) is 0. The highest BCUT2D eigenvalue weighted by Crippen LogP contribution is 2.36. The first-order valence-electron chi connectivity index (χ1n) is 5.06. The van der Waals surface area contributed by atoms with Crippen LogP contribution < -0.4 is 0 Å². The number of aromatic hydroxyl groups is 1. The van der Waals surface area contributed by atoms with Gasteiger partial charge in [0, 0.05) is 5.56 Å². The number of benzene rings is 1. The lowest BCUT2D eigenvalue weighted by atomic mass is 9.84. The maximum absolute atomic E-state index is 13.5. The fourth-order valence-corrected chi connectivity index (χ4v) is 1.93. The van der Waals surface area contributed by atoms with Crippen LogP contribution in [0.25, 0.3) is 0 Å². The van der Waals surface area contributed by atoms with E-state index in [1.54, 1.807) is 0 Å². The first-order valence-corrected chi connectivity index (χ1v) is 5.86. The van der Waals surface area contributed by atoms with Gasteiger partial charge in [-0.05, 0) is 54.8 Å². The Hall–Kier alpha value is -1.10. The molecule has 1 aromatic rings. The van der Waals surface area contributed by atoms with Gasteiger partial charge in [-0.3, -0.25) is 4.79 Å². The summed E-state index contributed by atoms with van der Waals surface area (Å²) in [5.74, 6) is -1.55. The smallest absolute Gasteiger partial charge is 0.309 e. The van der Waals surface area contributed by atoms with E-state index in [1.165, 1.54) is 26.8 Å². The molecule has 3 nitrogen and oxygen atoms in total. The van der Waals surface area contributed by atoms with E-state index in [1.807, 2.05) is 0 Å². The maximum Gasteiger partial charge on any atom is 0.309 e. The molecule has 0 amide bonds. The standard InChI is InChI=1S/C12H14BrFO3/c1-6-7(5-12(2,3)11(16)17)10(15)8(13)4-9(6)14/h4,15H,5H2,1-3H3,(H,16,17). The largest absolute Gasteiger partial charge is 0.506 e. The van der Waals surface area contributed by atoms with Gasteiger partial charge in [0.25, 0.3) is 0 Å². The third kappa shape index (κ3) is 2.77. The van der Waals surface area contributed by atoms with Gasteiger partial charge in [0.15, 0.2) is 0 Å². The van der Waals surface area contributed by atoms with Crippen LogP contribution in [0, 0.1) is 18.2 Å². The number of halogens is 2. The Labute approximate surface area is 107 Å². The van der Waals surface area contributed by atoms with E-state index >= 15 is 0 Å². The lowest BCUT2D eigenvalue weighted by Crippen LogP contribution is -2.26. The van der Waals surface area contributed by atoms with Crippen LogP contribution in [-0.2, 0) is 11.2 Å². The third-order valence-corrected chi connectivity index (χ3v) is 3.38. The van der Waals surface area contributed by atoms with Crippen molar-refractivity contribution in [3.8, 4) is 5.75 Å². The van der Waals surface area contributed by atoms with Gasteiger partial charge < -0.3 is 10.2 Å². The van der Waals surface area contributed by atoms with E-state index in [0.29, 0.717) is 5.56 Å². The predicted molar refractivity (Wildman–Crippen MR) is 65.6 cm³/mol. The van der Waals surface area contributed by atoms with Gasteiger partial charge in [0.1, 0.15) is 11.6 Å². The lowest BCUT2D eigenvalue weighted by Gasteiger charge is -2.21. The van der Waals surface area contributed by atoms with E-state index in [2.05, 4.69) is 15.9 Å². The summed E-state index contributed by atoms with van der Waals surface area (Å²) in [6.07, 6.45) is 0.0658. The number of aliphatic carboxylic acids is 1. The summed E-state index contributed by atoms with van der Waals surface area (Å²) >= 11 is 3.04. The van der Waals surface area contributed by atoms with Gasteiger partial charge in [0.05, 0.1) is 9.89 Å². The number of carboxylic acids is 1. The molecule has 0 spiro atoms. The Balaban J connectivity index is 3.28. The van der Waals surface area contributed by atoms with Crippen molar-refractivity contribution in [2.45, 2.75) is 27.2 Å². The molecule has 0 unspecified atom stereocenters. The maximum atomic E-state index is 13.5. The summed E-state index contributed by atoms with van der Waals surface area (Å²) in [5.41, 5.74) is -0.459. The Morgan fingerprint density at radius 1 is 1.53 bits per heavy atom. The topological polar surface area (TPSA) is 57.5 Å². The zero-order valence-electron chi connectivity index (χ0n) is 9.84. The Morgan fingerprint density at radius 2 is 2.06 bits per heavy atom. The average Bonchev–Trinajstić information content (AvgIpc) is 2.21. The van der Waals surface area contributed by atoms with Crippen molar-refractivity contribution in [1.29, 1.82) is 0 Å². The molecular weight excluding hydrogens is 291 g/mol. The number of rotatable bonds is 3. The minimum absolute atomic E-state index is 0.0658. The number of carbonyl (C=O) groups is 1. The van der Waals surface area contributed by atoms with Gasteiger partial charge in [-0.25, -0.2) is 4.39 Å². The van der Waals surface area contributed by atoms with Crippen molar-refractivity contribution >= 4 is 21.9 Å². The minimum atomic E-state index is -1.06. The highest BCUT2D eigenvalue weighted by atomic mass is 79.9. The molecule has 0 bridgehead atoms. The van der Waals surface area contributed by atoms with Crippen LogP contribution in [-0.4, -0.2) is 16.2 Å². The van der Waals surface area contributed by atoms with E-state index in [4.69, 9.17) is 5.11 Å². The van der Waals surface area contributed by atoms with Crippen molar-refractivity contribution in [2.24, 2.45) is 5.41 Å². The molecule has 0 radical (unpaired) electrons. The molecule has 0 aromatic heterocycles. The number of hydrogen-bond donors (Lipinski definition) is 2. The molecular formula is C12H14BrFO3. The molecule has 0 aliphatic carbocycles. The summed E-state index contributed by atoms with van der Waals surface area (Å²) in [6, 6.07) is 1.17. The van der Waals surface area contributed by atoms with Crippen molar-refractivity contribution in [3.63, 3.8) is 0 Å². The second-order valence-electron chi connectivity index (χ2n) is 4.66. The predicted octanol–water partition coefficient (Wildman–Crippen LogP) is 3.26. The second-order valence-corrected chi connectivity index (χ2v) is 5.51. The molecule has 0 heterocycles. The summed E-state index contributed by atoms with van der Waals surface area (Å²) in [4.78, 5) is 11.0. The van der Waals surface area contributed by atoms with E-state index in [0.717, 1.165) is 0 Å². The van der Waals surface area contributed by atoms with Crippen molar-refractivity contribution in [2.75, 3.05) is 0 Å². The Kier molecular flexibility index (Phi) is 3.81. The highest BCUT2D eigenvalue weighted by Gasteiger charge is 2.30. The van der Waals surface area contributed by atoms with Gasteiger partial charge >= 0.3 is 5.97 Å². The Morgan fingerprint density at radius 3 is 2.53 bits per heavy atom. The molecule has 17 heavy (non-hydrogen) atoms. The number of phenols is 1.